The Morgan fingerprint density at radius 2 is 1.97 bits per heavy atom. The molecule has 29 heavy (non-hydrogen) atoms. The van der Waals surface area contributed by atoms with Gasteiger partial charge in [0, 0.05) is 16.8 Å². The predicted molar refractivity (Wildman–Crippen MR) is 111 cm³/mol. The van der Waals surface area contributed by atoms with E-state index in [1.807, 2.05) is 44.2 Å². The summed E-state index contributed by atoms with van der Waals surface area (Å²) >= 11 is 7.25. The minimum absolute atomic E-state index is 0.159. The van der Waals surface area contributed by atoms with Crippen LogP contribution < -0.4 is 5.32 Å². The quantitative estimate of drug-likeness (QED) is 0.524. The van der Waals surface area contributed by atoms with E-state index in [1.165, 1.54) is 17.5 Å². The van der Waals surface area contributed by atoms with Gasteiger partial charge in [-0.05, 0) is 13.8 Å². The number of carbonyl (C=O) groups is 1. The molecular formula is C19H16ClN7OS. The Hall–Kier alpha value is -3.17. The van der Waals surface area contributed by atoms with Gasteiger partial charge in [0.15, 0.2) is 5.82 Å². The average molecular weight is 426 g/mol. The molecule has 0 aliphatic heterocycles. The van der Waals surface area contributed by atoms with Crippen LogP contribution in [0.25, 0.3) is 16.4 Å². The number of nitrogens with zero attached hydrogens (tertiary/aromatic N) is 6. The van der Waals surface area contributed by atoms with Crippen molar-refractivity contribution in [3.8, 4) is 16.4 Å². The van der Waals surface area contributed by atoms with Crippen molar-refractivity contribution in [1.29, 1.82) is 0 Å². The fraction of sp³-hybridized carbons (Fsp3) is 0.158. The summed E-state index contributed by atoms with van der Waals surface area (Å²) in [5.74, 6) is 0.310. The number of carbonyl (C=O) groups excluding carboxylic acids is 1. The predicted octanol–water partition coefficient (Wildman–Crippen LogP) is 3.63. The Labute approximate surface area is 175 Å². The number of amides is 1. The summed E-state index contributed by atoms with van der Waals surface area (Å²) in [6.45, 7) is 3.73. The molecule has 0 saturated carbocycles. The van der Waals surface area contributed by atoms with E-state index < -0.39 is 0 Å². The molecule has 3 heterocycles. The minimum atomic E-state index is -0.191. The van der Waals surface area contributed by atoms with Crippen LogP contribution in [0.4, 0.5) is 5.13 Å². The second-order valence-electron chi connectivity index (χ2n) is 6.26. The van der Waals surface area contributed by atoms with Gasteiger partial charge in [-0.15, -0.1) is 10.2 Å². The number of benzene rings is 1. The van der Waals surface area contributed by atoms with Crippen molar-refractivity contribution in [1.82, 2.24) is 29.9 Å². The standard InChI is InChI=1S/C19H16ClN7OS/c1-11-14(12(2)27(26-11)16-10-21-9-15(20)22-16)8-17(28)23-19-25-24-18(29-19)13-6-4-3-5-7-13/h3-7,9-10H,8H2,1-2H3,(H,23,25,28). The third-order valence-corrected chi connectivity index (χ3v) is 5.35. The van der Waals surface area contributed by atoms with Gasteiger partial charge in [-0.1, -0.05) is 53.3 Å². The molecule has 146 valence electrons. The Kier molecular flexibility index (Phi) is 5.32. The SMILES string of the molecule is Cc1nn(-c2cncc(Cl)n2)c(C)c1CC(=O)Nc1nnc(-c2ccccc2)s1. The summed E-state index contributed by atoms with van der Waals surface area (Å²) in [5, 5.41) is 17.0. The molecule has 1 amide bonds. The van der Waals surface area contributed by atoms with E-state index in [-0.39, 0.29) is 17.5 Å². The maximum atomic E-state index is 12.6. The van der Waals surface area contributed by atoms with Crippen molar-refractivity contribution in [3.05, 3.63) is 64.8 Å². The maximum absolute atomic E-state index is 12.6. The molecule has 1 aromatic carbocycles. The number of aromatic nitrogens is 6. The molecule has 1 N–H and O–H groups in total. The van der Waals surface area contributed by atoms with Crippen LogP contribution in [0.15, 0.2) is 42.7 Å². The van der Waals surface area contributed by atoms with Crippen molar-refractivity contribution in [2.45, 2.75) is 20.3 Å². The topological polar surface area (TPSA) is 98.5 Å². The Morgan fingerprint density at radius 1 is 1.17 bits per heavy atom. The molecule has 0 saturated heterocycles. The van der Waals surface area contributed by atoms with Crippen LogP contribution >= 0.6 is 22.9 Å². The fourth-order valence-corrected chi connectivity index (χ4v) is 3.79. The number of anilines is 1. The highest BCUT2D eigenvalue weighted by atomic mass is 35.5. The van der Waals surface area contributed by atoms with Gasteiger partial charge < -0.3 is 5.32 Å². The number of hydrogen-bond donors (Lipinski definition) is 1. The lowest BCUT2D eigenvalue weighted by Crippen LogP contribution is -2.15. The molecule has 8 nitrogen and oxygen atoms in total. The van der Waals surface area contributed by atoms with Crippen LogP contribution in [0.3, 0.4) is 0 Å². The van der Waals surface area contributed by atoms with Crippen LogP contribution in [0, 0.1) is 13.8 Å². The molecular weight excluding hydrogens is 410 g/mol. The van der Waals surface area contributed by atoms with Crippen molar-refractivity contribution in [2.75, 3.05) is 5.32 Å². The van der Waals surface area contributed by atoms with Crippen LogP contribution in [0.2, 0.25) is 5.15 Å². The highest BCUT2D eigenvalue weighted by Crippen LogP contribution is 2.26. The normalized spacial score (nSPS) is 10.9. The van der Waals surface area contributed by atoms with E-state index in [4.69, 9.17) is 11.6 Å². The lowest BCUT2D eigenvalue weighted by molar-refractivity contribution is -0.115. The van der Waals surface area contributed by atoms with Gasteiger partial charge in [0.25, 0.3) is 0 Å². The van der Waals surface area contributed by atoms with E-state index in [0.29, 0.717) is 10.9 Å². The van der Waals surface area contributed by atoms with E-state index >= 15 is 0 Å². The van der Waals surface area contributed by atoms with Crippen molar-refractivity contribution in [2.24, 2.45) is 0 Å². The molecule has 0 fully saturated rings. The van der Waals surface area contributed by atoms with Crippen LogP contribution in [-0.2, 0) is 11.2 Å². The maximum Gasteiger partial charge on any atom is 0.230 e. The molecule has 0 spiro atoms. The number of aryl methyl sites for hydroxylation is 1. The van der Waals surface area contributed by atoms with Gasteiger partial charge in [0.2, 0.25) is 11.0 Å². The number of hydrogen-bond acceptors (Lipinski definition) is 7. The van der Waals surface area contributed by atoms with Gasteiger partial charge in [-0.3, -0.25) is 9.78 Å². The summed E-state index contributed by atoms with van der Waals surface area (Å²) in [6.07, 6.45) is 3.18. The second kappa shape index (κ2) is 8.06. The van der Waals surface area contributed by atoms with E-state index in [0.717, 1.165) is 27.5 Å². The molecule has 10 heteroatoms. The third-order valence-electron chi connectivity index (χ3n) is 4.28. The fourth-order valence-electron chi connectivity index (χ4n) is 2.88. The Morgan fingerprint density at radius 3 is 2.72 bits per heavy atom. The molecule has 0 atom stereocenters. The number of halogens is 1. The first-order valence-electron chi connectivity index (χ1n) is 8.73. The van der Waals surface area contributed by atoms with E-state index in [9.17, 15) is 4.79 Å². The molecule has 0 unspecified atom stereocenters. The van der Waals surface area contributed by atoms with Crippen LogP contribution in [0.1, 0.15) is 17.0 Å². The molecule has 4 rings (SSSR count). The van der Waals surface area contributed by atoms with Crippen molar-refractivity contribution in [3.63, 3.8) is 0 Å². The first-order chi connectivity index (χ1) is 14.0. The van der Waals surface area contributed by atoms with Crippen molar-refractivity contribution < 1.29 is 4.79 Å². The molecule has 3 aromatic heterocycles. The largest absolute Gasteiger partial charge is 0.300 e. The number of nitrogens with one attached hydrogen (secondary N) is 1. The van der Waals surface area contributed by atoms with Gasteiger partial charge in [0.1, 0.15) is 10.2 Å². The second-order valence-corrected chi connectivity index (χ2v) is 7.63. The molecule has 0 radical (unpaired) electrons. The first-order valence-corrected chi connectivity index (χ1v) is 9.92. The van der Waals surface area contributed by atoms with Crippen LogP contribution in [-0.4, -0.2) is 35.9 Å². The van der Waals surface area contributed by atoms with Crippen molar-refractivity contribution >= 4 is 34.0 Å². The molecule has 0 aliphatic rings. The summed E-state index contributed by atoms with van der Waals surface area (Å²) in [5.41, 5.74) is 3.32. The lowest BCUT2D eigenvalue weighted by Gasteiger charge is -2.04. The zero-order valence-electron chi connectivity index (χ0n) is 15.6. The lowest BCUT2D eigenvalue weighted by atomic mass is 10.1. The molecule has 0 aliphatic carbocycles. The highest BCUT2D eigenvalue weighted by molar-refractivity contribution is 7.18. The van der Waals surface area contributed by atoms with Gasteiger partial charge in [-0.25, -0.2) is 9.67 Å². The smallest absolute Gasteiger partial charge is 0.230 e. The van der Waals surface area contributed by atoms with E-state index in [1.54, 1.807) is 10.9 Å². The average Bonchev–Trinajstić information content (AvgIpc) is 3.28. The summed E-state index contributed by atoms with van der Waals surface area (Å²) in [4.78, 5) is 20.8. The first kappa shape index (κ1) is 19.2. The zero-order valence-corrected chi connectivity index (χ0v) is 17.2. The van der Waals surface area contributed by atoms with Gasteiger partial charge in [0.05, 0.1) is 24.5 Å². The highest BCUT2D eigenvalue weighted by Gasteiger charge is 2.18. The van der Waals surface area contributed by atoms with Gasteiger partial charge >= 0.3 is 0 Å². The Balaban J connectivity index is 1.50. The summed E-state index contributed by atoms with van der Waals surface area (Å²) in [7, 11) is 0. The Bertz CT molecular complexity index is 1170. The van der Waals surface area contributed by atoms with Gasteiger partial charge in [-0.2, -0.15) is 5.10 Å². The number of rotatable bonds is 5. The molecule has 0 bridgehead atoms. The van der Waals surface area contributed by atoms with E-state index in [2.05, 4.69) is 30.6 Å². The molecule has 4 aromatic rings. The summed E-state index contributed by atoms with van der Waals surface area (Å²) < 4.78 is 1.63. The summed E-state index contributed by atoms with van der Waals surface area (Å²) in [6, 6.07) is 9.70. The van der Waals surface area contributed by atoms with Crippen LogP contribution in [0.5, 0.6) is 0 Å². The minimum Gasteiger partial charge on any atom is -0.300 e. The zero-order chi connectivity index (χ0) is 20.4. The third kappa shape index (κ3) is 4.15. The monoisotopic (exact) mass is 425 g/mol.